The van der Waals surface area contributed by atoms with Crippen molar-refractivity contribution >= 4 is 17.4 Å². The molecule has 1 N–H and O–H groups in total. The van der Waals surface area contributed by atoms with Crippen molar-refractivity contribution < 1.29 is 4.79 Å². The Labute approximate surface area is 98.0 Å². The van der Waals surface area contributed by atoms with Gasteiger partial charge in [0.2, 0.25) is 0 Å². The second-order valence-corrected chi connectivity index (χ2v) is 5.18. The molecule has 2 aliphatic rings. The third kappa shape index (κ3) is 1.44. The fourth-order valence-corrected chi connectivity index (χ4v) is 3.27. The maximum absolute atomic E-state index is 12.2. The first kappa shape index (κ1) is 10.2. The van der Waals surface area contributed by atoms with Crippen LogP contribution >= 0.6 is 11.5 Å². The summed E-state index contributed by atoms with van der Waals surface area (Å²) < 4.78 is 3.74. The van der Waals surface area contributed by atoms with Gasteiger partial charge in [0.05, 0.1) is 0 Å². The van der Waals surface area contributed by atoms with E-state index >= 15 is 0 Å². The molecule has 0 radical (unpaired) electrons. The van der Waals surface area contributed by atoms with Gasteiger partial charge in [-0.2, -0.15) is 0 Å². The van der Waals surface area contributed by atoms with Gasteiger partial charge in [-0.05, 0) is 30.3 Å². The molecular weight excluding hydrogens is 224 g/mol. The Morgan fingerprint density at radius 2 is 2.50 bits per heavy atom. The summed E-state index contributed by atoms with van der Waals surface area (Å²) in [5, 5.41) is 8.96. The van der Waals surface area contributed by atoms with Crippen LogP contribution in [0.2, 0.25) is 0 Å². The lowest BCUT2D eigenvalue weighted by atomic mass is 9.95. The summed E-state index contributed by atoms with van der Waals surface area (Å²) >= 11 is 1.23. The Bertz CT molecular complexity index is 394. The summed E-state index contributed by atoms with van der Waals surface area (Å²) in [5.41, 5.74) is 0.491. The number of likely N-dealkylation sites (tertiary alicyclic amines) is 1. The fraction of sp³-hybridized carbons (Fsp3) is 0.700. The first-order valence-corrected chi connectivity index (χ1v) is 6.40. The molecule has 6 heteroatoms. The van der Waals surface area contributed by atoms with Gasteiger partial charge in [-0.1, -0.05) is 4.49 Å². The van der Waals surface area contributed by atoms with Crippen LogP contribution in [0.25, 0.3) is 0 Å². The zero-order valence-electron chi connectivity index (χ0n) is 9.09. The highest BCUT2D eigenvalue weighted by molar-refractivity contribution is 7.03. The van der Waals surface area contributed by atoms with Gasteiger partial charge < -0.3 is 10.2 Å². The van der Waals surface area contributed by atoms with Crippen molar-refractivity contribution in [1.29, 1.82) is 0 Å². The number of carbonyl (C=O) groups excluding carboxylic acids is 1. The molecule has 0 bridgehead atoms. The van der Waals surface area contributed by atoms with Crippen LogP contribution in [0, 0.1) is 11.8 Å². The summed E-state index contributed by atoms with van der Waals surface area (Å²) in [4.78, 5) is 14.1. The van der Waals surface area contributed by atoms with Gasteiger partial charge >= 0.3 is 0 Å². The minimum Gasteiger partial charge on any atom is -0.334 e. The van der Waals surface area contributed by atoms with Crippen LogP contribution in [-0.4, -0.2) is 46.1 Å². The maximum Gasteiger partial charge on any atom is 0.275 e. The fourth-order valence-electron chi connectivity index (χ4n) is 2.84. The molecule has 0 spiro atoms. The SMILES string of the molecule is CC1C2CNCC2CN1C(=O)c1csnn1. The van der Waals surface area contributed by atoms with Gasteiger partial charge in [-0.3, -0.25) is 4.79 Å². The van der Waals surface area contributed by atoms with E-state index in [-0.39, 0.29) is 5.91 Å². The number of fused-ring (bicyclic) bond motifs is 1. The number of rotatable bonds is 1. The highest BCUT2D eigenvalue weighted by Crippen LogP contribution is 2.32. The molecule has 3 unspecified atom stereocenters. The third-order valence-corrected chi connectivity index (χ3v) is 4.28. The van der Waals surface area contributed by atoms with E-state index in [4.69, 9.17) is 0 Å². The second kappa shape index (κ2) is 3.78. The van der Waals surface area contributed by atoms with E-state index in [9.17, 15) is 4.79 Å². The summed E-state index contributed by atoms with van der Waals surface area (Å²) in [5.74, 6) is 1.26. The van der Waals surface area contributed by atoms with Crippen LogP contribution in [0.4, 0.5) is 0 Å². The van der Waals surface area contributed by atoms with Crippen molar-refractivity contribution in [3.8, 4) is 0 Å². The molecule has 3 rings (SSSR count). The molecule has 3 heterocycles. The number of carbonyl (C=O) groups is 1. The average Bonchev–Trinajstić information content (AvgIpc) is 2.95. The van der Waals surface area contributed by atoms with Crippen molar-refractivity contribution in [2.24, 2.45) is 11.8 Å². The molecule has 16 heavy (non-hydrogen) atoms. The molecule has 2 fully saturated rings. The standard InChI is InChI=1S/C10H14N4OS/c1-6-8-3-11-2-7(8)4-14(6)10(15)9-5-16-13-12-9/h5-8,11H,2-4H2,1H3. The van der Waals surface area contributed by atoms with Crippen LogP contribution in [0.5, 0.6) is 0 Å². The zero-order chi connectivity index (χ0) is 11.1. The highest BCUT2D eigenvalue weighted by Gasteiger charge is 2.44. The number of hydrogen-bond donors (Lipinski definition) is 1. The van der Waals surface area contributed by atoms with Gasteiger partial charge in [0.15, 0.2) is 5.69 Å². The molecule has 86 valence electrons. The molecule has 0 aromatic carbocycles. The van der Waals surface area contributed by atoms with Crippen molar-refractivity contribution in [3.63, 3.8) is 0 Å². The number of nitrogens with one attached hydrogen (secondary N) is 1. The lowest BCUT2D eigenvalue weighted by Gasteiger charge is -2.23. The first-order valence-electron chi connectivity index (χ1n) is 5.56. The molecule has 0 saturated carbocycles. The van der Waals surface area contributed by atoms with E-state index in [0.717, 1.165) is 19.6 Å². The van der Waals surface area contributed by atoms with Crippen molar-refractivity contribution in [2.75, 3.05) is 19.6 Å². The summed E-state index contributed by atoms with van der Waals surface area (Å²) in [7, 11) is 0. The first-order chi connectivity index (χ1) is 7.77. The molecule has 1 amide bonds. The molecule has 5 nitrogen and oxygen atoms in total. The molecule has 2 aliphatic heterocycles. The highest BCUT2D eigenvalue weighted by atomic mass is 32.1. The van der Waals surface area contributed by atoms with E-state index in [1.165, 1.54) is 11.5 Å². The largest absolute Gasteiger partial charge is 0.334 e. The van der Waals surface area contributed by atoms with Crippen LogP contribution in [0.3, 0.4) is 0 Å². The van der Waals surface area contributed by atoms with E-state index < -0.39 is 0 Å². The summed E-state index contributed by atoms with van der Waals surface area (Å²) in [6.45, 7) is 5.06. The number of aromatic nitrogens is 2. The molecule has 3 atom stereocenters. The van der Waals surface area contributed by atoms with Gasteiger partial charge in [-0.25, -0.2) is 0 Å². The number of amides is 1. The Kier molecular flexibility index (Phi) is 2.40. The number of nitrogens with zero attached hydrogens (tertiary/aromatic N) is 3. The topological polar surface area (TPSA) is 58.1 Å². The normalized spacial score (nSPS) is 33.1. The Hall–Kier alpha value is -1.01. The molecule has 1 aromatic rings. The van der Waals surface area contributed by atoms with Crippen LogP contribution < -0.4 is 5.32 Å². The summed E-state index contributed by atoms with van der Waals surface area (Å²) in [6.07, 6.45) is 0. The van der Waals surface area contributed by atoms with Gasteiger partial charge in [-0.15, -0.1) is 5.10 Å². The zero-order valence-corrected chi connectivity index (χ0v) is 9.91. The van der Waals surface area contributed by atoms with Crippen molar-refractivity contribution in [2.45, 2.75) is 13.0 Å². The second-order valence-electron chi connectivity index (χ2n) is 4.57. The predicted molar refractivity (Wildman–Crippen MR) is 60.3 cm³/mol. The molecule has 1 aromatic heterocycles. The average molecular weight is 238 g/mol. The summed E-state index contributed by atoms with van der Waals surface area (Å²) in [6, 6.07) is 0.314. The van der Waals surface area contributed by atoms with E-state index in [1.54, 1.807) is 5.38 Å². The minimum atomic E-state index is 0.0376. The lowest BCUT2D eigenvalue weighted by Crippen LogP contribution is -2.38. The smallest absolute Gasteiger partial charge is 0.275 e. The minimum absolute atomic E-state index is 0.0376. The van der Waals surface area contributed by atoms with Crippen LogP contribution in [0.15, 0.2) is 5.38 Å². The van der Waals surface area contributed by atoms with Gasteiger partial charge in [0.25, 0.3) is 5.91 Å². The van der Waals surface area contributed by atoms with Crippen molar-refractivity contribution in [3.05, 3.63) is 11.1 Å². The maximum atomic E-state index is 12.2. The van der Waals surface area contributed by atoms with Crippen LogP contribution in [0.1, 0.15) is 17.4 Å². The monoisotopic (exact) mass is 238 g/mol. The third-order valence-electron chi connectivity index (χ3n) is 3.77. The van der Waals surface area contributed by atoms with E-state index in [2.05, 4.69) is 21.8 Å². The molecule has 0 aliphatic carbocycles. The molecular formula is C10H14N4OS. The Morgan fingerprint density at radius 1 is 1.62 bits per heavy atom. The lowest BCUT2D eigenvalue weighted by molar-refractivity contribution is 0.0722. The van der Waals surface area contributed by atoms with E-state index in [0.29, 0.717) is 23.6 Å². The van der Waals surface area contributed by atoms with Crippen molar-refractivity contribution in [1.82, 2.24) is 19.8 Å². The Morgan fingerprint density at radius 3 is 3.19 bits per heavy atom. The van der Waals surface area contributed by atoms with Gasteiger partial charge in [0, 0.05) is 31.1 Å². The Balaban J connectivity index is 1.79. The quantitative estimate of drug-likeness (QED) is 0.760. The van der Waals surface area contributed by atoms with Gasteiger partial charge in [0.1, 0.15) is 0 Å². The molecule has 2 saturated heterocycles. The van der Waals surface area contributed by atoms with Crippen LogP contribution in [-0.2, 0) is 0 Å². The van der Waals surface area contributed by atoms with E-state index in [1.807, 2.05) is 4.90 Å². The predicted octanol–water partition coefficient (Wildman–Crippen LogP) is 0.218. The number of hydrogen-bond acceptors (Lipinski definition) is 5.